The predicted octanol–water partition coefficient (Wildman–Crippen LogP) is 9.46. The highest BCUT2D eigenvalue weighted by Crippen LogP contribution is 2.35. The lowest BCUT2D eigenvalue weighted by Gasteiger charge is -2.19. The van der Waals surface area contributed by atoms with Crippen LogP contribution in [0.4, 0.5) is 11.4 Å². The van der Waals surface area contributed by atoms with Crippen LogP contribution in [0.1, 0.15) is 101 Å². The molecular formula is C30H41BrN2. The normalized spacial score (nSPS) is 11.3. The van der Waals surface area contributed by atoms with Gasteiger partial charge in [0.2, 0.25) is 0 Å². The molecule has 4 N–H and O–H groups in total. The molecule has 178 valence electrons. The number of hydrogen-bond acceptors (Lipinski definition) is 2. The summed E-state index contributed by atoms with van der Waals surface area (Å²) in [6, 6.07) is 19.2. The van der Waals surface area contributed by atoms with E-state index in [-0.39, 0.29) is 0 Å². The highest BCUT2D eigenvalue weighted by atomic mass is 79.9. The van der Waals surface area contributed by atoms with Crippen LogP contribution in [0.15, 0.2) is 59.1 Å². The van der Waals surface area contributed by atoms with Gasteiger partial charge < -0.3 is 11.5 Å². The Bertz CT molecular complexity index is 992. The minimum atomic E-state index is 0.446. The molecule has 0 bridgehead atoms. The van der Waals surface area contributed by atoms with Gasteiger partial charge in [0.1, 0.15) is 0 Å². The zero-order valence-corrected chi connectivity index (χ0v) is 23.1. The second-order valence-electron chi connectivity index (χ2n) is 10.1. The molecule has 2 nitrogen and oxygen atoms in total. The molecule has 0 aliphatic heterocycles. The molecule has 3 rings (SSSR count). The van der Waals surface area contributed by atoms with Crippen molar-refractivity contribution in [2.24, 2.45) is 0 Å². The van der Waals surface area contributed by atoms with Gasteiger partial charge in [0.15, 0.2) is 0 Å². The van der Waals surface area contributed by atoms with Gasteiger partial charge in [-0.2, -0.15) is 0 Å². The van der Waals surface area contributed by atoms with Crippen LogP contribution in [-0.2, 0) is 0 Å². The Balaban J connectivity index is 0.000000245. The summed E-state index contributed by atoms with van der Waals surface area (Å²) in [6.07, 6.45) is 0. The van der Waals surface area contributed by atoms with Crippen LogP contribution in [0, 0.1) is 0 Å². The summed E-state index contributed by atoms with van der Waals surface area (Å²) in [5.74, 6) is 1.84. The highest BCUT2D eigenvalue weighted by molar-refractivity contribution is 9.10. The standard InChI is InChI=1S/C18H23N.C12H18BrN/c1-12(2)16-10-15(14-8-6-5-7-9-14)11-17(13(3)4)18(16)19;1-7(2)10-5-9(13)6-11(8(3)4)12(10)14/h5-13H,19H2,1-4H3;5-8H,14H2,1-4H3. The molecule has 0 atom stereocenters. The molecule has 0 fully saturated rings. The second-order valence-corrected chi connectivity index (χ2v) is 11.0. The van der Waals surface area contributed by atoms with Crippen molar-refractivity contribution >= 4 is 27.3 Å². The van der Waals surface area contributed by atoms with Gasteiger partial charge in [-0.05, 0) is 81.3 Å². The van der Waals surface area contributed by atoms with E-state index in [4.69, 9.17) is 11.5 Å². The summed E-state index contributed by atoms with van der Waals surface area (Å²) in [7, 11) is 0. The number of anilines is 2. The number of nitrogens with two attached hydrogens (primary N) is 2. The van der Waals surface area contributed by atoms with Gasteiger partial charge in [0.25, 0.3) is 0 Å². The van der Waals surface area contributed by atoms with E-state index in [9.17, 15) is 0 Å². The monoisotopic (exact) mass is 508 g/mol. The van der Waals surface area contributed by atoms with E-state index in [0.717, 1.165) is 15.8 Å². The first-order chi connectivity index (χ1) is 15.4. The molecule has 0 aliphatic rings. The maximum Gasteiger partial charge on any atom is 0.0385 e. The third kappa shape index (κ3) is 6.86. The zero-order chi connectivity index (χ0) is 24.9. The Morgan fingerprint density at radius 3 is 1.18 bits per heavy atom. The van der Waals surface area contributed by atoms with Crippen molar-refractivity contribution < 1.29 is 0 Å². The van der Waals surface area contributed by atoms with E-state index >= 15 is 0 Å². The minimum Gasteiger partial charge on any atom is -0.398 e. The Hall–Kier alpha value is -2.26. The number of benzene rings is 3. The first kappa shape index (κ1) is 27.0. The van der Waals surface area contributed by atoms with Crippen molar-refractivity contribution in [3.63, 3.8) is 0 Å². The number of rotatable bonds is 5. The van der Waals surface area contributed by atoms with Crippen molar-refractivity contribution in [2.45, 2.75) is 79.1 Å². The SMILES string of the molecule is CC(C)c1cc(-c2ccccc2)cc(C(C)C)c1N.CC(C)c1cc(Br)cc(C(C)C)c1N. The first-order valence-electron chi connectivity index (χ1n) is 12.0. The summed E-state index contributed by atoms with van der Waals surface area (Å²) < 4.78 is 1.12. The van der Waals surface area contributed by atoms with Crippen molar-refractivity contribution in [3.05, 3.63) is 81.3 Å². The molecule has 0 saturated carbocycles. The maximum atomic E-state index is 6.33. The molecule has 0 heterocycles. The molecule has 0 amide bonds. The highest BCUT2D eigenvalue weighted by Gasteiger charge is 2.14. The molecule has 3 heteroatoms. The van der Waals surface area contributed by atoms with Crippen molar-refractivity contribution in [2.75, 3.05) is 11.5 Å². The lowest BCUT2D eigenvalue weighted by atomic mass is 9.89. The maximum absolute atomic E-state index is 6.33. The van der Waals surface area contributed by atoms with Gasteiger partial charge in [0.05, 0.1) is 0 Å². The molecule has 33 heavy (non-hydrogen) atoms. The fourth-order valence-corrected chi connectivity index (χ4v) is 4.56. The topological polar surface area (TPSA) is 52.0 Å². The molecule has 3 aromatic rings. The van der Waals surface area contributed by atoms with Crippen molar-refractivity contribution in [3.8, 4) is 11.1 Å². The van der Waals surface area contributed by atoms with E-state index in [1.54, 1.807) is 0 Å². The van der Waals surface area contributed by atoms with E-state index < -0.39 is 0 Å². The average Bonchev–Trinajstić information content (AvgIpc) is 2.75. The molecule has 0 spiro atoms. The average molecular weight is 510 g/mol. The van der Waals surface area contributed by atoms with Crippen LogP contribution in [0.25, 0.3) is 11.1 Å². The smallest absolute Gasteiger partial charge is 0.0385 e. The Morgan fingerprint density at radius 1 is 0.515 bits per heavy atom. The van der Waals surface area contributed by atoms with E-state index in [1.165, 1.54) is 33.4 Å². The predicted molar refractivity (Wildman–Crippen MR) is 151 cm³/mol. The van der Waals surface area contributed by atoms with Crippen LogP contribution in [0.3, 0.4) is 0 Å². The van der Waals surface area contributed by atoms with Gasteiger partial charge in [-0.25, -0.2) is 0 Å². The molecule has 0 radical (unpaired) electrons. The summed E-state index contributed by atoms with van der Waals surface area (Å²) in [5, 5.41) is 0. The molecule has 3 aromatic carbocycles. The van der Waals surface area contributed by atoms with Crippen molar-refractivity contribution in [1.29, 1.82) is 0 Å². The van der Waals surface area contributed by atoms with Crippen LogP contribution >= 0.6 is 15.9 Å². The van der Waals surface area contributed by atoms with Crippen LogP contribution in [0.5, 0.6) is 0 Å². The minimum absolute atomic E-state index is 0.446. The lowest BCUT2D eigenvalue weighted by molar-refractivity contribution is 0.838. The third-order valence-corrected chi connectivity index (χ3v) is 6.51. The van der Waals surface area contributed by atoms with Crippen LogP contribution in [-0.4, -0.2) is 0 Å². The van der Waals surface area contributed by atoms with Gasteiger partial charge in [-0.3, -0.25) is 0 Å². The Morgan fingerprint density at radius 2 is 0.848 bits per heavy atom. The number of nitrogen functional groups attached to an aromatic ring is 2. The Labute approximate surface area is 209 Å². The third-order valence-electron chi connectivity index (χ3n) is 6.05. The number of halogens is 1. The molecule has 0 saturated heterocycles. The molecule has 0 aliphatic carbocycles. The summed E-state index contributed by atoms with van der Waals surface area (Å²) in [6.45, 7) is 17.5. The fourth-order valence-electron chi connectivity index (χ4n) is 4.07. The zero-order valence-electron chi connectivity index (χ0n) is 21.5. The number of hydrogen-bond donors (Lipinski definition) is 2. The molecular weight excluding hydrogens is 468 g/mol. The summed E-state index contributed by atoms with van der Waals surface area (Å²) in [4.78, 5) is 0. The quantitative estimate of drug-likeness (QED) is 0.337. The van der Waals surface area contributed by atoms with Gasteiger partial charge in [-0.1, -0.05) is 102 Å². The van der Waals surface area contributed by atoms with Gasteiger partial charge in [0, 0.05) is 15.8 Å². The first-order valence-corrected chi connectivity index (χ1v) is 12.8. The van der Waals surface area contributed by atoms with Crippen molar-refractivity contribution in [1.82, 2.24) is 0 Å². The van der Waals surface area contributed by atoms with E-state index in [1.807, 2.05) is 6.07 Å². The lowest BCUT2D eigenvalue weighted by Crippen LogP contribution is -2.03. The van der Waals surface area contributed by atoms with E-state index in [2.05, 4.69) is 120 Å². The van der Waals surface area contributed by atoms with Crippen LogP contribution < -0.4 is 11.5 Å². The van der Waals surface area contributed by atoms with E-state index in [0.29, 0.717) is 23.7 Å². The molecule has 0 aromatic heterocycles. The van der Waals surface area contributed by atoms with Gasteiger partial charge in [-0.15, -0.1) is 0 Å². The summed E-state index contributed by atoms with van der Waals surface area (Å²) in [5.41, 5.74) is 21.9. The second kappa shape index (κ2) is 11.7. The largest absolute Gasteiger partial charge is 0.398 e. The van der Waals surface area contributed by atoms with Crippen LogP contribution in [0.2, 0.25) is 0 Å². The van der Waals surface area contributed by atoms with Gasteiger partial charge >= 0.3 is 0 Å². The molecule has 0 unspecified atom stereocenters. The fraction of sp³-hybridized carbons (Fsp3) is 0.400. The summed E-state index contributed by atoms with van der Waals surface area (Å²) >= 11 is 3.53. The Kier molecular flexibility index (Phi) is 9.60.